The van der Waals surface area contributed by atoms with Crippen LogP contribution in [0.5, 0.6) is 5.75 Å². The molecule has 2 N–H and O–H groups in total. The number of aryl methyl sites for hydroxylation is 2. The maximum absolute atomic E-state index is 13.0. The molecule has 0 radical (unpaired) electrons. The van der Waals surface area contributed by atoms with Crippen molar-refractivity contribution in [3.8, 4) is 5.75 Å². The van der Waals surface area contributed by atoms with E-state index in [9.17, 15) is 24.3 Å². The highest BCUT2D eigenvalue weighted by Gasteiger charge is 2.33. The summed E-state index contributed by atoms with van der Waals surface area (Å²) in [5.74, 6) is 1.80. The number of benzene rings is 2. The zero-order valence-corrected chi connectivity index (χ0v) is 33.0. The summed E-state index contributed by atoms with van der Waals surface area (Å²) in [7, 11) is 1.40. The number of fused-ring (bicyclic) bond motifs is 1. The van der Waals surface area contributed by atoms with Crippen molar-refractivity contribution in [2.24, 2.45) is 17.8 Å². The number of carbonyl (C=O) groups excluding carboxylic acids is 4. The Morgan fingerprint density at radius 3 is 2.07 bits per heavy atom. The predicted octanol–water partition coefficient (Wildman–Crippen LogP) is 6.01. The summed E-state index contributed by atoms with van der Waals surface area (Å²) in [6.07, 6.45) is 7.29. The Morgan fingerprint density at radius 1 is 0.870 bits per heavy atom. The summed E-state index contributed by atoms with van der Waals surface area (Å²) >= 11 is 0. The SMILES string of the molecule is CCOC(=O)CN1CCC(C2CCN(C(=O)[C@H](C)Cc3cc(C)c(O)c(C)c3)CC2)CC1.COC(=O)N1CCC(N2CCc3ccccc3NC2=O)CC1. The number of hydrogen-bond acceptors (Lipinski definition) is 8. The Balaban J connectivity index is 0.000000222. The molecule has 3 fully saturated rings. The molecule has 12 nitrogen and oxygen atoms in total. The third-order valence-electron chi connectivity index (χ3n) is 11.8. The quantitative estimate of drug-likeness (QED) is 0.314. The van der Waals surface area contributed by atoms with Crippen LogP contribution in [0.15, 0.2) is 36.4 Å². The van der Waals surface area contributed by atoms with E-state index in [-0.39, 0.29) is 36.0 Å². The number of amides is 4. The lowest BCUT2D eigenvalue weighted by atomic mass is 9.78. The van der Waals surface area contributed by atoms with Crippen LogP contribution in [0.1, 0.15) is 74.6 Å². The lowest BCUT2D eigenvalue weighted by molar-refractivity contribution is -0.144. The molecule has 12 heteroatoms. The average Bonchev–Trinajstić information content (AvgIpc) is 3.35. The fourth-order valence-electron chi connectivity index (χ4n) is 8.71. The Hall–Kier alpha value is -4.32. The number of hydrogen-bond donors (Lipinski definition) is 2. The summed E-state index contributed by atoms with van der Waals surface area (Å²) in [5.41, 5.74) is 4.93. The second-order valence-corrected chi connectivity index (χ2v) is 15.5. The minimum atomic E-state index is -0.286. The summed E-state index contributed by atoms with van der Waals surface area (Å²) < 4.78 is 9.81. The molecule has 296 valence electrons. The van der Waals surface area contributed by atoms with Crippen LogP contribution < -0.4 is 5.32 Å². The van der Waals surface area contributed by atoms with Gasteiger partial charge in [0.15, 0.2) is 0 Å². The van der Waals surface area contributed by atoms with Crippen LogP contribution in [-0.2, 0) is 31.9 Å². The molecule has 1 atom stereocenters. The van der Waals surface area contributed by atoms with Crippen molar-refractivity contribution in [2.75, 3.05) is 71.4 Å². The van der Waals surface area contributed by atoms with Gasteiger partial charge in [0.2, 0.25) is 5.91 Å². The highest BCUT2D eigenvalue weighted by atomic mass is 16.5. The van der Waals surface area contributed by atoms with E-state index >= 15 is 0 Å². The molecule has 3 saturated heterocycles. The maximum Gasteiger partial charge on any atom is 0.409 e. The number of esters is 1. The second-order valence-electron chi connectivity index (χ2n) is 15.5. The first kappa shape index (κ1) is 40.9. The highest BCUT2D eigenvalue weighted by Crippen LogP contribution is 2.33. The molecular weight excluding hydrogens is 686 g/mol. The number of para-hydroxylation sites is 1. The van der Waals surface area contributed by atoms with E-state index in [4.69, 9.17) is 9.47 Å². The number of aromatic hydroxyl groups is 1. The summed E-state index contributed by atoms with van der Waals surface area (Å²) in [6, 6.07) is 12.0. The van der Waals surface area contributed by atoms with Crippen molar-refractivity contribution in [1.82, 2.24) is 19.6 Å². The zero-order valence-electron chi connectivity index (χ0n) is 33.0. The van der Waals surface area contributed by atoms with Crippen molar-refractivity contribution < 1.29 is 33.8 Å². The Kier molecular flexibility index (Phi) is 14.6. The van der Waals surface area contributed by atoms with Gasteiger partial charge < -0.3 is 34.6 Å². The Morgan fingerprint density at radius 2 is 1.46 bits per heavy atom. The highest BCUT2D eigenvalue weighted by molar-refractivity contribution is 5.91. The van der Waals surface area contributed by atoms with Gasteiger partial charge >= 0.3 is 18.1 Å². The molecule has 0 unspecified atom stereocenters. The number of piperidine rings is 3. The lowest BCUT2D eigenvalue weighted by Crippen LogP contribution is -2.50. The van der Waals surface area contributed by atoms with E-state index < -0.39 is 0 Å². The standard InChI is InChI=1S/C26H40N2O4.C16H21N3O3/c1-5-32-24(29)17-27-10-6-22(7-11-27)23-8-12-28(13-9-23)26(31)20(4)16-21-14-18(2)25(30)19(3)15-21;1-22-16(21)18-9-7-13(8-10-18)19-11-6-12-4-2-3-5-14(12)17-15(19)20/h14-15,20,22-23,30H,5-13,16-17H2,1-4H3;2-5,13H,6-11H2,1H3,(H,17,20)/t20-;/m1./s1. The number of methoxy groups -OCH3 is 1. The third-order valence-corrected chi connectivity index (χ3v) is 11.8. The molecule has 0 saturated carbocycles. The normalized spacial score (nSPS) is 19.5. The van der Waals surface area contributed by atoms with Crippen LogP contribution in [0, 0.1) is 31.6 Å². The summed E-state index contributed by atoms with van der Waals surface area (Å²) in [6.45, 7) is 14.1. The number of phenols is 1. The number of ether oxygens (including phenoxy) is 2. The van der Waals surface area contributed by atoms with Crippen LogP contribution in [0.3, 0.4) is 0 Å². The van der Waals surface area contributed by atoms with Crippen molar-refractivity contribution in [3.63, 3.8) is 0 Å². The third kappa shape index (κ3) is 10.7. The van der Waals surface area contributed by atoms with E-state index in [0.717, 1.165) is 93.5 Å². The van der Waals surface area contributed by atoms with Crippen LogP contribution in [0.25, 0.3) is 0 Å². The molecular formula is C42H61N5O7. The first-order valence-corrected chi connectivity index (χ1v) is 19.9. The fourth-order valence-corrected chi connectivity index (χ4v) is 8.71. The first-order chi connectivity index (χ1) is 26.0. The molecule has 0 spiro atoms. The average molecular weight is 748 g/mol. The van der Waals surface area contributed by atoms with Gasteiger partial charge in [0.05, 0.1) is 20.3 Å². The number of likely N-dealkylation sites (tertiary alicyclic amines) is 3. The monoisotopic (exact) mass is 747 g/mol. The number of rotatable bonds is 8. The minimum absolute atomic E-state index is 0.0403. The van der Waals surface area contributed by atoms with Gasteiger partial charge in [-0.3, -0.25) is 14.5 Å². The molecule has 4 aliphatic heterocycles. The van der Waals surface area contributed by atoms with Gasteiger partial charge in [0.1, 0.15) is 5.75 Å². The van der Waals surface area contributed by atoms with Gasteiger partial charge in [-0.25, -0.2) is 9.59 Å². The van der Waals surface area contributed by atoms with Gasteiger partial charge in [-0.1, -0.05) is 37.3 Å². The van der Waals surface area contributed by atoms with Crippen molar-refractivity contribution in [2.45, 2.75) is 85.1 Å². The van der Waals surface area contributed by atoms with Crippen molar-refractivity contribution in [1.29, 1.82) is 0 Å². The molecule has 0 aliphatic carbocycles. The number of nitrogens with zero attached hydrogens (tertiary/aromatic N) is 4. The number of nitrogens with one attached hydrogen (secondary N) is 1. The number of phenolic OH excluding ortho intramolecular Hbond substituents is 1. The van der Waals surface area contributed by atoms with Crippen molar-refractivity contribution >= 4 is 29.7 Å². The van der Waals surface area contributed by atoms with Crippen LogP contribution in [-0.4, -0.2) is 121 Å². The first-order valence-electron chi connectivity index (χ1n) is 19.9. The number of urea groups is 1. The van der Waals surface area contributed by atoms with Gasteiger partial charge in [-0.2, -0.15) is 0 Å². The topological polar surface area (TPSA) is 132 Å². The van der Waals surface area contributed by atoms with Gasteiger partial charge in [0.25, 0.3) is 0 Å². The van der Waals surface area contributed by atoms with Crippen LogP contribution in [0.2, 0.25) is 0 Å². The van der Waals surface area contributed by atoms with Gasteiger partial charge in [0, 0.05) is 50.4 Å². The fraction of sp³-hybridized carbons (Fsp3) is 0.619. The number of anilines is 1. The molecule has 0 aromatic heterocycles. The Labute approximate surface area is 321 Å². The number of carbonyl (C=O) groups is 4. The van der Waals surface area contributed by atoms with E-state index in [1.807, 2.05) is 62.9 Å². The molecule has 2 aromatic rings. The van der Waals surface area contributed by atoms with E-state index in [0.29, 0.717) is 56.8 Å². The van der Waals surface area contributed by atoms with Crippen molar-refractivity contribution in [3.05, 3.63) is 58.7 Å². The molecule has 4 heterocycles. The molecule has 2 aromatic carbocycles. The van der Waals surface area contributed by atoms with E-state index in [1.54, 1.807) is 4.90 Å². The van der Waals surface area contributed by atoms with E-state index in [2.05, 4.69) is 21.2 Å². The molecule has 4 amide bonds. The molecule has 6 rings (SSSR count). The van der Waals surface area contributed by atoms with Gasteiger partial charge in [-0.15, -0.1) is 0 Å². The second kappa shape index (κ2) is 19.3. The molecule has 54 heavy (non-hydrogen) atoms. The van der Waals surface area contributed by atoms with Crippen LogP contribution in [0.4, 0.5) is 15.3 Å². The van der Waals surface area contributed by atoms with E-state index in [1.165, 1.54) is 12.7 Å². The molecule has 0 bridgehead atoms. The van der Waals surface area contributed by atoms with Gasteiger partial charge in [-0.05, 0) is 125 Å². The van der Waals surface area contributed by atoms with Crippen LogP contribution >= 0.6 is 0 Å². The predicted molar refractivity (Wildman–Crippen MR) is 208 cm³/mol. The minimum Gasteiger partial charge on any atom is -0.507 e. The summed E-state index contributed by atoms with van der Waals surface area (Å²) in [4.78, 5) is 56.6. The smallest absolute Gasteiger partial charge is 0.409 e. The molecule has 4 aliphatic rings. The zero-order chi connectivity index (χ0) is 38.8. The largest absolute Gasteiger partial charge is 0.507 e. The Bertz CT molecular complexity index is 1570. The lowest BCUT2D eigenvalue weighted by Gasteiger charge is -2.40. The maximum atomic E-state index is 13.0. The summed E-state index contributed by atoms with van der Waals surface area (Å²) in [5, 5.41) is 13.0.